The van der Waals surface area contributed by atoms with Crippen LogP contribution in [0.1, 0.15) is 17.5 Å². The summed E-state index contributed by atoms with van der Waals surface area (Å²) in [6.45, 7) is 1.66. The lowest BCUT2D eigenvalue weighted by atomic mass is 10.1. The fourth-order valence-corrected chi connectivity index (χ4v) is 2.86. The molecule has 1 heterocycles. The zero-order chi connectivity index (χ0) is 18.5. The molecule has 1 fully saturated rings. The molecule has 2 aromatic rings. The number of benzene rings is 2. The van der Waals surface area contributed by atoms with Gasteiger partial charge in [0.25, 0.3) is 5.91 Å². The number of hydrogen-bond acceptors (Lipinski definition) is 3. The quantitative estimate of drug-likeness (QED) is 0.785. The first-order chi connectivity index (χ1) is 12.5. The average molecular weight is 351 g/mol. The summed E-state index contributed by atoms with van der Waals surface area (Å²) in [5, 5.41) is 5.36. The maximum Gasteiger partial charge on any atom is 0.325 e. The van der Waals surface area contributed by atoms with Gasteiger partial charge in [-0.1, -0.05) is 48.0 Å². The molecular weight excluding hydrogens is 330 g/mol. The molecule has 0 aliphatic carbocycles. The number of imide groups is 1. The highest BCUT2D eigenvalue weighted by atomic mass is 16.2. The van der Waals surface area contributed by atoms with E-state index in [0.29, 0.717) is 18.5 Å². The lowest BCUT2D eigenvalue weighted by Gasteiger charge is -2.13. The zero-order valence-corrected chi connectivity index (χ0v) is 14.6. The topological polar surface area (TPSA) is 78.5 Å². The summed E-state index contributed by atoms with van der Waals surface area (Å²) in [6.07, 6.45) is 1.19. The predicted octanol–water partition coefficient (Wildman–Crippen LogP) is 2.49. The van der Waals surface area contributed by atoms with Gasteiger partial charge in [-0.05, 0) is 37.5 Å². The van der Waals surface area contributed by atoms with E-state index < -0.39 is 18.0 Å². The molecular formula is C20H21N3O3. The van der Waals surface area contributed by atoms with Crippen molar-refractivity contribution in [2.24, 2.45) is 0 Å². The van der Waals surface area contributed by atoms with E-state index in [2.05, 4.69) is 10.6 Å². The van der Waals surface area contributed by atoms with Crippen LogP contribution in [-0.2, 0) is 16.0 Å². The highest BCUT2D eigenvalue weighted by molar-refractivity contribution is 6.07. The van der Waals surface area contributed by atoms with E-state index in [1.165, 1.54) is 0 Å². The Kier molecular flexibility index (Phi) is 5.31. The number of carbonyl (C=O) groups excluding carboxylic acids is 3. The Morgan fingerprint density at radius 3 is 2.46 bits per heavy atom. The Morgan fingerprint density at radius 1 is 1.08 bits per heavy atom. The van der Waals surface area contributed by atoms with Crippen molar-refractivity contribution in [3.8, 4) is 0 Å². The molecule has 6 nitrogen and oxygen atoms in total. The van der Waals surface area contributed by atoms with Crippen molar-refractivity contribution in [2.45, 2.75) is 25.8 Å². The highest BCUT2D eigenvalue weighted by Crippen LogP contribution is 2.14. The molecule has 134 valence electrons. The molecule has 4 amide bonds. The minimum atomic E-state index is -0.588. The van der Waals surface area contributed by atoms with Crippen LogP contribution in [0.5, 0.6) is 0 Å². The van der Waals surface area contributed by atoms with Gasteiger partial charge in [-0.2, -0.15) is 0 Å². The van der Waals surface area contributed by atoms with E-state index in [9.17, 15) is 14.4 Å². The molecule has 1 aliphatic heterocycles. The number of hydrogen-bond donors (Lipinski definition) is 2. The van der Waals surface area contributed by atoms with Gasteiger partial charge in [0.2, 0.25) is 5.91 Å². The van der Waals surface area contributed by atoms with Gasteiger partial charge in [0.05, 0.1) is 0 Å². The van der Waals surface area contributed by atoms with Crippen LogP contribution in [0.4, 0.5) is 10.5 Å². The summed E-state index contributed by atoms with van der Waals surface area (Å²) in [6, 6.07) is 16.0. The number of carbonyl (C=O) groups is 3. The molecule has 3 rings (SSSR count). The van der Waals surface area contributed by atoms with Crippen LogP contribution in [-0.4, -0.2) is 35.3 Å². The molecule has 0 aromatic heterocycles. The second-order valence-electron chi connectivity index (χ2n) is 6.36. The first kappa shape index (κ1) is 17.7. The molecule has 6 heteroatoms. The van der Waals surface area contributed by atoms with Crippen LogP contribution in [0.25, 0.3) is 0 Å². The number of rotatable bonds is 6. The molecule has 2 aromatic carbocycles. The average Bonchev–Trinajstić information content (AvgIpc) is 2.90. The zero-order valence-electron chi connectivity index (χ0n) is 14.6. The van der Waals surface area contributed by atoms with Gasteiger partial charge in [-0.3, -0.25) is 14.5 Å². The van der Waals surface area contributed by atoms with Crippen LogP contribution in [0, 0.1) is 6.92 Å². The first-order valence-electron chi connectivity index (χ1n) is 8.55. The van der Waals surface area contributed by atoms with E-state index in [-0.39, 0.29) is 12.5 Å². The van der Waals surface area contributed by atoms with E-state index in [1.807, 2.05) is 49.4 Å². The number of nitrogens with one attached hydrogen (secondary N) is 2. The maximum atomic E-state index is 12.4. The molecule has 0 unspecified atom stereocenters. The summed E-state index contributed by atoms with van der Waals surface area (Å²) < 4.78 is 0. The molecule has 1 atom stereocenters. The fraction of sp³-hybridized carbons (Fsp3) is 0.250. The predicted molar refractivity (Wildman–Crippen MR) is 98.6 cm³/mol. The fourth-order valence-electron chi connectivity index (χ4n) is 2.86. The van der Waals surface area contributed by atoms with Gasteiger partial charge in [0.1, 0.15) is 12.6 Å². The van der Waals surface area contributed by atoms with Crippen molar-refractivity contribution in [3.63, 3.8) is 0 Å². The van der Waals surface area contributed by atoms with Gasteiger partial charge in [-0.15, -0.1) is 0 Å². The van der Waals surface area contributed by atoms with E-state index in [0.717, 1.165) is 16.0 Å². The van der Waals surface area contributed by atoms with Crippen molar-refractivity contribution >= 4 is 23.5 Å². The molecule has 1 saturated heterocycles. The number of amides is 4. The third kappa shape index (κ3) is 4.27. The maximum absolute atomic E-state index is 12.4. The van der Waals surface area contributed by atoms with Crippen molar-refractivity contribution in [3.05, 3.63) is 65.7 Å². The number of aryl methyl sites for hydroxylation is 2. The molecule has 0 spiro atoms. The molecule has 26 heavy (non-hydrogen) atoms. The van der Waals surface area contributed by atoms with Gasteiger partial charge >= 0.3 is 6.03 Å². The van der Waals surface area contributed by atoms with Gasteiger partial charge in [-0.25, -0.2) is 4.79 Å². The van der Waals surface area contributed by atoms with Crippen LogP contribution >= 0.6 is 0 Å². The van der Waals surface area contributed by atoms with Gasteiger partial charge in [0, 0.05) is 5.69 Å². The smallest absolute Gasteiger partial charge is 0.325 e. The normalized spacial score (nSPS) is 16.5. The minimum absolute atomic E-state index is 0.291. The molecule has 1 aliphatic rings. The monoisotopic (exact) mass is 351 g/mol. The van der Waals surface area contributed by atoms with Crippen LogP contribution < -0.4 is 10.6 Å². The summed E-state index contributed by atoms with van der Waals surface area (Å²) in [4.78, 5) is 37.6. The largest absolute Gasteiger partial charge is 0.326 e. The number of nitrogens with zero attached hydrogens (tertiary/aromatic N) is 1. The van der Waals surface area contributed by atoms with Crippen LogP contribution in [0.2, 0.25) is 0 Å². The standard InChI is InChI=1S/C20H21N3O3/c1-14-7-10-16(11-8-14)21-18(24)13-23-19(25)17(22-20(23)26)12-9-15-5-3-2-4-6-15/h2-8,10-11,17H,9,12-13H2,1H3,(H,21,24)(H,22,26)/t17-/m1/s1. The Hall–Kier alpha value is -3.15. The van der Waals surface area contributed by atoms with Gasteiger partial charge < -0.3 is 10.6 Å². The van der Waals surface area contributed by atoms with E-state index in [1.54, 1.807) is 12.1 Å². The van der Waals surface area contributed by atoms with Crippen molar-refractivity contribution in [1.29, 1.82) is 0 Å². The Labute approximate surface area is 152 Å². The Morgan fingerprint density at radius 2 is 1.77 bits per heavy atom. The Balaban J connectivity index is 1.54. The second-order valence-corrected chi connectivity index (χ2v) is 6.36. The summed E-state index contributed by atoms with van der Waals surface area (Å²) in [7, 11) is 0. The summed E-state index contributed by atoms with van der Waals surface area (Å²) >= 11 is 0. The lowest BCUT2D eigenvalue weighted by Crippen LogP contribution is -2.38. The summed E-state index contributed by atoms with van der Waals surface area (Å²) in [5.41, 5.74) is 2.82. The molecule has 0 bridgehead atoms. The third-order valence-corrected chi connectivity index (χ3v) is 4.31. The van der Waals surface area contributed by atoms with E-state index in [4.69, 9.17) is 0 Å². The van der Waals surface area contributed by atoms with Crippen molar-refractivity contribution in [1.82, 2.24) is 10.2 Å². The molecule has 0 radical (unpaired) electrons. The first-order valence-corrected chi connectivity index (χ1v) is 8.55. The highest BCUT2D eigenvalue weighted by Gasteiger charge is 2.38. The second kappa shape index (κ2) is 7.82. The molecule has 0 saturated carbocycles. The van der Waals surface area contributed by atoms with Crippen LogP contribution in [0.3, 0.4) is 0 Å². The third-order valence-electron chi connectivity index (χ3n) is 4.31. The minimum Gasteiger partial charge on any atom is -0.326 e. The number of urea groups is 1. The molecule has 2 N–H and O–H groups in total. The van der Waals surface area contributed by atoms with Crippen LogP contribution in [0.15, 0.2) is 54.6 Å². The number of anilines is 1. The lowest BCUT2D eigenvalue weighted by molar-refractivity contribution is -0.130. The summed E-state index contributed by atoms with van der Waals surface area (Å²) in [5.74, 6) is -0.758. The Bertz CT molecular complexity index is 803. The van der Waals surface area contributed by atoms with E-state index >= 15 is 0 Å². The van der Waals surface area contributed by atoms with Crippen molar-refractivity contribution in [2.75, 3.05) is 11.9 Å². The van der Waals surface area contributed by atoms with Crippen molar-refractivity contribution < 1.29 is 14.4 Å². The SMILES string of the molecule is Cc1ccc(NC(=O)CN2C(=O)N[C@H](CCc3ccccc3)C2=O)cc1. The van der Waals surface area contributed by atoms with Gasteiger partial charge in [0.15, 0.2) is 0 Å².